The highest BCUT2D eigenvalue weighted by Gasteiger charge is 1.91. The average Bonchev–Trinajstić information content (AvgIpc) is 1.85. The quantitative estimate of drug-likeness (QED) is 0.506. The van der Waals surface area contributed by atoms with Crippen LogP contribution in [0.1, 0.15) is 40.0 Å². The maximum Gasteiger partial charge on any atom is -0.0262 e. The van der Waals surface area contributed by atoms with Crippen molar-refractivity contribution in [2.45, 2.75) is 40.0 Å². The van der Waals surface area contributed by atoms with Gasteiger partial charge in [-0.25, -0.2) is 0 Å². The first-order valence-electron chi connectivity index (χ1n) is 3.97. The van der Waals surface area contributed by atoms with Gasteiger partial charge in [-0.15, -0.1) is 0 Å². The van der Waals surface area contributed by atoms with E-state index in [1.807, 2.05) is 0 Å². The Bertz CT molecular complexity index is 72.1. The lowest BCUT2D eigenvalue weighted by Crippen LogP contribution is -1.86. The van der Waals surface area contributed by atoms with Crippen molar-refractivity contribution < 1.29 is 0 Å². The van der Waals surface area contributed by atoms with E-state index in [2.05, 4.69) is 32.9 Å². The summed E-state index contributed by atoms with van der Waals surface area (Å²) in [5.74, 6) is 0.787. The zero-order valence-electron chi connectivity index (χ0n) is 6.85. The molecule has 0 aromatic heterocycles. The highest BCUT2D eigenvalue weighted by Crippen LogP contribution is 2.05. The molecular formula is C9H18. The fraction of sp³-hybridized carbons (Fsp3) is 0.778. The van der Waals surface area contributed by atoms with Crippen LogP contribution >= 0.6 is 0 Å². The van der Waals surface area contributed by atoms with Gasteiger partial charge in [-0.1, -0.05) is 39.3 Å². The molecule has 0 bridgehead atoms. The van der Waals surface area contributed by atoms with Gasteiger partial charge in [0.15, 0.2) is 0 Å². The van der Waals surface area contributed by atoms with Crippen molar-refractivity contribution >= 4 is 0 Å². The molecule has 0 heteroatoms. The van der Waals surface area contributed by atoms with Crippen LogP contribution in [-0.4, -0.2) is 0 Å². The Hall–Kier alpha value is -0.260. The first-order valence-corrected chi connectivity index (χ1v) is 3.97. The van der Waals surface area contributed by atoms with Gasteiger partial charge < -0.3 is 0 Å². The summed E-state index contributed by atoms with van der Waals surface area (Å²) in [5.41, 5.74) is 0. The topological polar surface area (TPSA) is 0 Å². The number of rotatable bonds is 4. The third kappa shape index (κ3) is 5.61. The van der Waals surface area contributed by atoms with E-state index in [4.69, 9.17) is 0 Å². The molecule has 0 saturated heterocycles. The second-order valence-electron chi connectivity index (χ2n) is 2.60. The van der Waals surface area contributed by atoms with E-state index in [0.29, 0.717) is 0 Å². The number of hydrogen-bond donors (Lipinski definition) is 0. The molecule has 1 atom stereocenters. The summed E-state index contributed by atoms with van der Waals surface area (Å²) in [4.78, 5) is 0. The molecule has 0 aromatic rings. The Kier molecular flexibility index (Phi) is 5.70. The maximum atomic E-state index is 2.31. The van der Waals surface area contributed by atoms with Gasteiger partial charge in [0, 0.05) is 0 Å². The molecule has 0 rings (SSSR count). The van der Waals surface area contributed by atoms with E-state index in [1.165, 1.54) is 19.3 Å². The summed E-state index contributed by atoms with van der Waals surface area (Å²) < 4.78 is 0. The number of hydrogen-bond acceptors (Lipinski definition) is 0. The summed E-state index contributed by atoms with van der Waals surface area (Å²) >= 11 is 0. The zero-order valence-corrected chi connectivity index (χ0v) is 6.85. The predicted octanol–water partition coefficient (Wildman–Crippen LogP) is 3.39. The Labute approximate surface area is 59.0 Å². The van der Waals surface area contributed by atoms with Crippen molar-refractivity contribution in [3.8, 4) is 0 Å². The van der Waals surface area contributed by atoms with Crippen LogP contribution < -0.4 is 0 Å². The highest BCUT2D eigenvalue weighted by atomic mass is 14.0. The molecule has 0 spiro atoms. The summed E-state index contributed by atoms with van der Waals surface area (Å²) in [6.07, 6.45) is 8.36. The summed E-state index contributed by atoms with van der Waals surface area (Å²) in [5, 5.41) is 0. The molecule has 54 valence electrons. The van der Waals surface area contributed by atoms with Crippen molar-refractivity contribution in [2.24, 2.45) is 5.92 Å². The maximum absolute atomic E-state index is 2.31. The predicted molar refractivity (Wildman–Crippen MR) is 43.5 cm³/mol. The SMILES string of the molecule is CC/C=C\C(C)CCC. The van der Waals surface area contributed by atoms with Crippen molar-refractivity contribution in [1.82, 2.24) is 0 Å². The minimum absolute atomic E-state index is 0.787. The van der Waals surface area contributed by atoms with Crippen LogP contribution in [0.3, 0.4) is 0 Å². The van der Waals surface area contributed by atoms with E-state index in [0.717, 1.165) is 5.92 Å². The molecule has 0 aliphatic carbocycles. The normalized spacial score (nSPS) is 14.6. The summed E-state index contributed by atoms with van der Waals surface area (Å²) in [6, 6.07) is 0. The molecule has 9 heavy (non-hydrogen) atoms. The second-order valence-corrected chi connectivity index (χ2v) is 2.60. The third-order valence-electron chi connectivity index (χ3n) is 1.44. The van der Waals surface area contributed by atoms with Gasteiger partial charge in [-0.2, -0.15) is 0 Å². The average molecular weight is 126 g/mol. The monoisotopic (exact) mass is 126 g/mol. The van der Waals surface area contributed by atoms with Crippen molar-refractivity contribution in [2.75, 3.05) is 0 Å². The van der Waals surface area contributed by atoms with Gasteiger partial charge in [0.25, 0.3) is 0 Å². The molecule has 0 fully saturated rings. The van der Waals surface area contributed by atoms with Crippen LogP contribution in [0.25, 0.3) is 0 Å². The fourth-order valence-corrected chi connectivity index (χ4v) is 0.920. The third-order valence-corrected chi connectivity index (χ3v) is 1.44. The van der Waals surface area contributed by atoms with Crippen molar-refractivity contribution in [3.05, 3.63) is 12.2 Å². The van der Waals surface area contributed by atoms with E-state index in [1.54, 1.807) is 0 Å². The fourth-order valence-electron chi connectivity index (χ4n) is 0.920. The van der Waals surface area contributed by atoms with E-state index < -0.39 is 0 Å². The Balaban J connectivity index is 3.25. The van der Waals surface area contributed by atoms with Gasteiger partial charge in [0.05, 0.1) is 0 Å². The summed E-state index contributed by atoms with van der Waals surface area (Å²) in [6.45, 7) is 6.68. The van der Waals surface area contributed by atoms with Gasteiger partial charge in [0.2, 0.25) is 0 Å². The lowest BCUT2D eigenvalue weighted by molar-refractivity contribution is 0.632. The van der Waals surface area contributed by atoms with Crippen LogP contribution in [0.2, 0.25) is 0 Å². The lowest BCUT2D eigenvalue weighted by atomic mass is 10.1. The van der Waals surface area contributed by atoms with Gasteiger partial charge in [-0.05, 0) is 18.8 Å². The Morgan fingerprint density at radius 1 is 1.33 bits per heavy atom. The molecule has 0 heterocycles. The first kappa shape index (κ1) is 8.74. The molecular weight excluding hydrogens is 108 g/mol. The molecule has 0 amide bonds. The standard InChI is InChI=1S/C9H18/c1-4-6-8-9(3)7-5-2/h6,8-9H,4-5,7H2,1-3H3/b8-6-. The van der Waals surface area contributed by atoms with Crippen molar-refractivity contribution in [1.29, 1.82) is 0 Å². The first-order chi connectivity index (χ1) is 4.31. The van der Waals surface area contributed by atoms with Crippen LogP contribution in [0.5, 0.6) is 0 Å². The minimum atomic E-state index is 0.787. The molecule has 0 saturated carbocycles. The second kappa shape index (κ2) is 5.87. The van der Waals surface area contributed by atoms with Crippen LogP contribution in [0.4, 0.5) is 0 Å². The Morgan fingerprint density at radius 3 is 2.44 bits per heavy atom. The van der Waals surface area contributed by atoms with E-state index in [9.17, 15) is 0 Å². The smallest absolute Gasteiger partial charge is 0.0262 e. The van der Waals surface area contributed by atoms with E-state index >= 15 is 0 Å². The summed E-state index contributed by atoms with van der Waals surface area (Å²) in [7, 11) is 0. The lowest BCUT2D eigenvalue weighted by Gasteiger charge is -2.00. The van der Waals surface area contributed by atoms with Crippen LogP contribution in [0, 0.1) is 5.92 Å². The molecule has 0 aliphatic rings. The number of allylic oxidation sites excluding steroid dienone is 2. The molecule has 0 aromatic carbocycles. The molecule has 0 N–H and O–H groups in total. The van der Waals surface area contributed by atoms with Gasteiger partial charge >= 0.3 is 0 Å². The van der Waals surface area contributed by atoms with Crippen LogP contribution in [-0.2, 0) is 0 Å². The highest BCUT2D eigenvalue weighted by molar-refractivity contribution is 4.84. The van der Waals surface area contributed by atoms with E-state index in [-0.39, 0.29) is 0 Å². The van der Waals surface area contributed by atoms with Gasteiger partial charge in [-0.3, -0.25) is 0 Å². The molecule has 0 aliphatic heterocycles. The largest absolute Gasteiger partial charge is 0.0885 e. The Morgan fingerprint density at radius 2 is 2.00 bits per heavy atom. The van der Waals surface area contributed by atoms with Crippen LogP contribution in [0.15, 0.2) is 12.2 Å². The van der Waals surface area contributed by atoms with Gasteiger partial charge in [0.1, 0.15) is 0 Å². The minimum Gasteiger partial charge on any atom is -0.0885 e. The van der Waals surface area contributed by atoms with Crippen molar-refractivity contribution in [3.63, 3.8) is 0 Å². The molecule has 0 radical (unpaired) electrons. The zero-order chi connectivity index (χ0) is 7.11. The molecule has 1 unspecified atom stereocenters. The molecule has 0 nitrogen and oxygen atoms in total.